The van der Waals surface area contributed by atoms with Crippen LogP contribution < -0.4 is 14.2 Å². The number of benzene rings is 2. The zero-order valence-electron chi connectivity index (χ0n) is 15.9. The molecule has 3 aromatic rings. The molecule has 0 radical (unpaired) electrons. The number of hydrogen-bond acceptors (Lipinski definition) is 7. The molecule has 0 N–H and O–H groups in total. The van der Waals surface area contributed by atoms with Gasteiger partial charge in [0, 0.05) is 10.9 Å². The van der Waals surface area contributed by atoms with Crippen LogP contribution in [-0.4, -0.2) is 31.8 Å². The minimum Gasteiger partial charge on any atom is -0.493 e. The molecule has 0 saturated heterocycles. The average Bonchev–Trinajstić information content (AvgIpc) is 3.21. The average molecular weight is 399 g/mol. The highest BCUT2D eigenvalue weighted by molar-refractivity contribution is 7.13. The third-order valence-corrected chi connectivity index (χ3v) is 4.87. The molecule has 3 rings (SSSR count). The maximum Gasteiger partial charge on any atom is 0.338 e. The van der Waals surface area contributed by atoms with Crippen LogP contribution in [0.2, 0.25) is 0 Å². The highest BCUT2D eigenvalue weighted by atomic mass is 32.1. The Kier molecular flexibility index (Phi) is 6.49. The monoisotopic (exact) mass is 399 g/mol. The first-order valence-corrected chi connectivity index (χ1v) is 9.59. The molecule has 28 heavy (non-hydrogen) atoms. The molecular weight excluding hydrogens is 378 g/mol. The molecule has 7 heteroatoms. The number of aromatic nitrogens is 1. The van der Waals surface area contributed by atoms with E-state index in [4.69, 9.17) is 18.9 Å². The third-order valence-electron chi connectivity index (χ3n) is 3.93. The topological polar surface area (TPSA) is 66.9 Å². The highest BCUT2D eigenvalue weighted by Gasteiger charge is 2.10. The Morgan fingerprint density at radius 2 is 1.79 bits per heavy atom. The van der Waals surface area contributed by atoms with E-state index in [0.29, 0.717) is 36.0 Å². The Labute approximate surface area is 167 Å². The van der Waals surface area contributed by atoms with Crippen LogP contribution in [0, 0.1) is 0 Å². The molecule has 1 aromatic heterocycles. The lowest BCUT2D eigenvalue weighted by Gasteiger charge is -2.08. The fourth-order valence-electron chi connectivity index (χ4n) is 2.53. The molecule has 0 spiro atoms. The Hall–Kier alpha value is -3.06. The van der Waals surface area contributed by atoms with Crippen LogP contribution in [0.5, 0.6) is 17.2 Å². The van der Waals surface area contributed by atoms with Gasteiger partial charge < -0.3 is 18.9 Å². The number of carbonyl (C=O) groups is 1. The van der Waals surface area contributed by atoms with Crippen molar-refractivity contribution >= 4 is 17.3 Å². The van der Waals surface area contributed by atoms with Crippen LogP contribution in [0.3, 0.4) is 0 Å². The van der Waals surface area contributed by atoms with Crippen LogP contribution in [0.15, 0.2) is 47.8 Å². The zero-order chi connectivity index (χ0) is 19.9. The summed E-state index contributed by atoms with van der Waals surface area (Å²) in [6.07, 6.45) is 0. The maximum atomic E-state index is 11.7. The molecule has 0 atom stereocenters. The second-order valence-electron chi connectivity index (χ2n) is 5.75. The number of nitrogens with zero attached hydrogens (tertiary/aromatic N) is 1. The van der Waals surface area contributed by atoms with Crippen molar-refractivity contribution < 1.29 is 23.7 Å². The van der Waals surface area contributed by atoms with Crippen molar-refractivity contribution in [1.29, 1.82) is 0 Å². The van der Waals surface area contributed by atoms with Gasteiger partial charge in [0.05, 0.1) is 32.1 Å². The largest absolute Gasteiger partial charge is 0.493 e. The van der Waals surface area contributed by atoms with Crippen LogP contribution in [0.1, 0.15) is 23.0 Å². The molecular formula is C21H21NO5S. The van der Waals surface area contributed by atoms with E-state index in [0.717, 1.165) is 16.3 Å². The first-order valence-electron chi connectivity index (χ1n) is 8.71. The van der Waals surface area contributed by atoms with E-state index in [-0.39, 0.29) is 5.97 Å². The quantitative estimate of drug-likeness (QED) is 0.517. The zero-order valence-corrected chi connectivity index (χ0v) is 16.7. The van der Waals surface area contributed by atoms with Gasteiger partial charge in [-0.1, -0.05) is 0 Å². The number of hydrogen-bond donors (Lipinski definition) is 0. The summed E-state index contributed by atoms with van der Waals surface area (Å²) < 4.78 is 21.3. The number of thiazole rings is 1. The lowest BCUT2D eigenvalue weighted by Crippen LogP contribution is -2.04. The molecule has 0 fully saturated rings. The molecule has 0 unspecified atom stereocenters. The van der Waals surface area contributed by atoms with Crippen LogP contribution in [-0.2, 0) is 11.3 Å². The van der Waals surface area contributed by atoms with Gasteiger partial charge in [0.25, 0.3) is 0 Å². The summed E-state index contributed by atoms with van der Waals surface area (Å²) in [5.74, 6) is 1.66. The van der Waals surface area contributed by atoms with E-state index in [1.165, 1.54) is 11.3 Å². The minimum absolute atomic E-state index is 0.336. The van der Waals surface area contributed by atoms with Gasteiger partial charge in [0.15, 0.2) is 11.5 Å². The first kappa shape index (κ1) is 19.7. The molecule has 0 aliphatic carbocycles. The summed E-state index contributed by atoms with van der Waals surface area (Å²) >= 11 is 1.53. The molecule has 0 aliphatic heterocycles. The van der Waals surface area contributed by atoms with E-state index in [2.05, 4.69) is 4.98 Å². The van der Waals surface area contributed by atoms with E-state index in [9.17, 15) is 4.79 Å². The smallest absolute Gasteiger partial charge is 0.338 e. The van der Waals surface area contributed by atoms with Crippen molar-refractivity contribution in [3.05, 3.63) is 59.1 Å². The first-order chi connectivity index (χ1) is 13.6. The molecule has 1 heterocycles. The predicted octanol–water partition coefficient (Wildman–Crippen LogP) is 4.58. The highest BCUT2D eigenvalue weighted by Crippen LogP contribution is 2.33. The number of methoxy groups -OCH3 is 2. The van der Waals surface area contributed by atoms with Crippen LogP contribution in [0.25, 0.3) is 10.6 Å². The Bertz CT molecular complexity index is 936. The summed E-state index contributed by atoms with van der Waals surface area (Å²) in [5, 5.41) is 2.83. The van der Waals surface area contributed by atoms with Gasteiger partial charge in [-0.05, 0) is 49.4 Å². The van der Waals surface area contributed by atoms with Gasteiger partial charge in [-0.2, -0.15) is 0 Å². The molecule has 0 bridgehead atoms. The standard InChI is InChI=1S/C21H21NO5S/c1-4-26-21(23)14-5-8-17(9-6-14)27-12-16-13-28-20(22-16)15-7-10-18(24-2)19(11-15)25-3/h5-11,13H,4,12H2,1-3H3. The normalized spacial score (nSPS) is 10.4. The Balaban J connectivity index is 1.64. The van der Waals surface area contributed by atoms with Crippen molar-refractivity contribution in [3.8, 4) is 27.8 Å². The van der Waals surface area contributed by atoms with Crippen molar-refractivity contribution in [1.82, 2.24) is 4.98 Å². The van der Waals surface area contributed by atoms with Crippen molar-refractivity contribution in [3.63, 3.8) is 0 Å². The lowest BCUT2D eigenvalue weighted by atomic mass is 10.2. The van der Waals surface area contributed by atoms with E-state index < -0.39 is 0 Å². The molecule has 0 aliphatic rings. The second-order valence-corrected chi connectivity index (χ2v) is 6.61. The summed E-state index contributed by atoms with van der Waals surface area (Å²) in [6, 6.07) is 12.6. The number of rotatable bonds is 8. The summed E-state index contributed by atoms with van der Waals surface area (Å²) in [7, 11) is 3.21. The molecule has 0 saturated carbocycles. The third kappa shape index (κ3) is 4.61. The van der Waals surface area contributed by atoms with Crippen molar-refractivity contribution in [2.45, 2.75) is 13.5 Å². The molecule has 146 valence electrons. The Morgan fingerprint density at radius 1 is 1.04 bits per heavy atom. The van der Waals surface area contributed by atoms with Gasteiger partial charge in [-0.3, -0.25) is 0 Å². The molecule has 6 nitrogen and oxygen atoms in total. The molecule has 2 aromatic carbocycles. The maximum absolute atomic E-state index is 11.7. The van der Waals surface area contributed by atoms with Crippen molar-refractivity contribution in [2.24, 2.45) is 0 Å². The van der Waals surface area contributed by atoms with Gasteiger partial charge in [-0.25, -0.2) is 9.78 Å². The van der Waals surface area contributed by atoms with E-state index in [1.54, 1.807) is 45.4 Å². The summed E-state index contributed by atoms with van der Waals surface area (Å²) in [4.78, 5) is 16.3. The number of ether oxygens (including phenoxy) is 4. The van der Waals surface area contributed by atoms with E-state index in [1.807, 2.05) is 23.6 Å². The molecule has 0 amide bonds. The van der Waals surface area contributed by atoms with Gasteiger partial charge in [0.1, 0.15) is 17.4 Å². The lowest BCUT2D eigenvalue weighted by molar-refractivity contribution is 0.0526. The van der Waals surface area contributed by atoms with Crippen molar-refractivity contribution in [2.75, 3.05) is 20.8 Å². The fraction of sp³-hybridized carbons (Fsp3) is 0.238. The van der Waals surface area contributed by atoms with Crippen LogP contribution >= 0.6 is 11.3 Å². The van der Waals surface area contributed by atoms with Gasteiger partial charge in [0.2, 0.25) is 0 Å². The fourth-order valence-corrected chi connectivity index (χ4v) is 3.34. The second kappa shape index (κ2) is 9.23. The Morgan fingerprint density at radius 3 is 2.46 bits per heavy atom. The van der Waals surface area contributed by atoms with Gasteiger partial charge in [-0.15, -0.1) is 11.3 Å². The predicted molar refractivity (Wildman–Crippen MR) is 107 cm³/mol. The SMILES string of the molecule is CCOC(=O)c1ccc(OCc2csc(-c3ccc(OC)c(OC)c3)n2)cc1. The minimum atomic E-state index is -0.340. The number of esters is 1. The number of carbonyl (C=O) groups excluding carboxylic acids is 1. The van der Waals surface area contributed by atoms with E-state index >= 15 is 0 Å². The summed E-state index contributed by atoms with van der Waals surface area (Å²) in [5.41, 5.74) is 2.27. The summed E-state index contributed by atoms with van der Waals surface area (Å²) in [6.45, 7) is 2.46. The van der Waals surface area contributed by atoms with Crippen LogP contribution in [0.4, 0.5) is 0 Å². The van der Waals surface area contributed by atoms with Gasteiger partial charge >= 0.3 is 5.97 Å².